The summed E-state index contributed by atoms with van der Waals surface area (Å²) >= 11 is 6.13. The number of carbonyl (C=O) groups excluding carboxylic acids is 2. The predicted octanol–water partition coefficient (Wildman–Crippen LogP) is 3.63. The van der Waals surface area contributed by atoms with E-state index in [9.17, 15) is 9.59 Å². The largest absolute Gasteiger partial charge is 0.495 e. The highest BCUT2D eigenvalue weighted by molar-refractivity contribution is 6.32. The van der Waals surface area contributed by atoms with Gasteiger partial charge in [-0.1, -0.05) is 11.6 Å². The molecule has 1 N–H and O–H groups in total. The number of rotatable bonds is 3. The molecule has 9 heteroatoms. The maximum Gasteiger partial charge on any atom is 0.410 e. The van der Waals surface area contributed by atoms with Crippen molar-refractivity contribution in [2.24, 2.45) is 7.05 Å². The fourth-order valence-corrected chi connectivity index (χ4v) is 3.45. The summed E-state index contributed by atoms with van der Waals surface area (Å²) < 4.78 is 12.3. The first-order chi connectivity index (χ1) is 13.6. The lowest BCUT2D eigenvalue weighted by Gasteiger charge is -2.30. The maximum atomic E-state index is 12.9. The van der Waals surface area contributed by atoms with Crippen LogP contribution < -0.4 is 10.1 Å². The molecule has 2 amide bonds. The molecule has 29 heavy (non-hydrogen) atoms. The number of hydrogen-bond acceptors (Lipinski definition) is 5. The van der Waals surface area contributed by atoms with E-state index >= 15 is 0 Å². The zero-order valence-electron chi connectivity index (χ0n) is 17.2. The molecule has 0 atom stereocenters. The molecule has 0 spiro atoms. The highest BCUT2D eigenvalue weighted by Crippen LogP contribution is 2.28. The lowest BCUT2D eigenvalue weighted by molar-refractivity contribution is 0.0222. The van der Waals surface area contributed by atoms with E-state index in [0.717, 1.165) is 11.3 Å². The summed E-state index contributed by atoms with van der Waals surface area (Å²) in [6, 6.07) is 4.99. The van der Waals surface area contributed by atoms with Crippen molar-refractivity contribution in [1.29, 1.82) is 0 Å². The number of halogens is 1. The Labute approximate surface area is 174 Å². The van der Waals surface area contributed by atoms with Crippen LogP contribution in [0.1, 0.15) is 42.5 Å². The molecular formula is C20H25ClN4O4. The monoisotopic (exact) mass is 420 g/mol. The summed E-state index contributed by atoms with van der Waals surface area (Å²) in [5, 5.41) is 7.58. The molecule has 0 bridgehead atoms. The van der Waals surface area contributed by atoms with Gasteiger partial charge in [0.2, 0.25) is 0 Å². The zero-order chi connectivity index (χ0) is 21.3. The van der Waals surface area contributed by atoms with Crippen LogP contribution in [-0.2, 0) is 24.8 Å². The number of benzene rings is 1. The average Bonchev–Trinajstić information content (AvgIpc) is 2.97. The Morgan fingerprint density at radius 2 is 2.00 bits per heavy atom. The first-order valence-electron chi connectivity index (χ1n) is 9.26. The van der Waals surface area contributed by atoms with E-state index in [1.807, 2.05) is 20.8 Å². The molecule has 1 aromatic heterocycles. The molecule has 2 aromatic rings. The molecule has 0 fully saturated rings. The van der Waals surface area contributed by atoms with E-state index < -0.39 is 11.7 Å². The van der Waals surface area contributed by atoms with Gasteiger partial charge in [0.25, 0.3) is 5.91 Å². The Bertz CT molecular complexity index is 949. The van der Waals surface area contributed by atoms with Gasteiger partial charge in [-0.2, -0.15) is 5.10 Å². The molecule has 0 saturated carbocycles. The van der Waals surface area contributed by atoms with Crippen molar-refractivity contribution in [3.63, 3.8) is 0 Å². The normalized spacial score (nSPS) is 13.7. The van der Waals surface area contributed by atoms with Crippen LogP contribution in [0.5, 0.6) is 5.75 Å². The van der Waals surface area contributed by atoms with Crippen LogP contribution >= 0.6 is 11.6 Å². The molecule has 0 radical (unpaired) electrons. The molecule has 1 aliphatic heterocycles. The molecule has 0 aliphatic carbocycles. The molecule has 156 valence electrons. The molecule has 1 aliphatic rings. The van der Waals surface area contributed by atoms with Gasteiger partial charge in [0.15, 0.2) is 5.69 Å². The van der Waals surface area contributed by atoms with E-state index in [1.165, 1.54) is 7.11 Å². The van der Waals surface area contributed by atoms with E-state index in [-0.39, 0.29) is 18.1 Å². The smallest absolute Gasteiger partial charge is 0.410 e. The molecular weight excluding hydrogens is 396 g/mol. The van der Waals surface area contributed by atoms with Gasteiger partial charge in [0.1, 0.15) is 11.4 Å². The molecule has 0 saturated heterocycles. The maximum absolute atomic E-state index is 12.9. The van der Waals surface area contributed by atoms with E-state index in [1.54, 1.807) is 34.8 Å². The second-order valence-corrected chi connectivity index (χ2v) is 8.26. The van der Waals surface area contributed by atoms with Crippen molar-refractivity contribution in [2.75, 3.05) is 19.0 Å². The number of nitrogens with zero attached hydrogens (tertiary/aromatic N) is 3. The molecule has 3 rings (SSSR count). The Balaban J connectivity index is 1.81. The second kappa shape index (κ2) is 7.94. The molecule has 1 aromatic carbocycles. The third-order valence-electron chi connectivity index (χ3n) is 4.52. The predicted molar refractivity (Wildman–Crippen MR) is 110 cm³/mol. The van der Waals surface area contributed by atoms with Crippen LogP contribution in [0.4, 0.5) is 10.5 Å². The summed E-state index contributed by atoms with van der Waals surface area (Å²) in [7, 11) is 3.32. The van der Waals surface area contributed by atoms with Gasteiger partial charge in [-0.3, -0.25) is 9.48 Å². The van der Waals surface area contributed by atoms with Gasteiger partial charge in [-0.05, 0) is 39.0 Å². The summed E-state index contributed by atoms with van der Waals surface area (Å²) in [6.45, 7) is 6.25. The zero-order valence-corrected chi connectivity index (χ0v) is 18.0. The van der Waals surface area contributed by atoms with Crippen molar-refractivity contribution in [2.45, 2.75) is 39.3 Å². The van der Waals surface area contributed by atoms with Gasteiger partial charge in [-0.15, -0.1) is 0 Å². The van der Waals surface area contributed by atoms with Crippen molar-refractivity contribution in [3.05, 3.63) is 40.2 Å². The Morgan fingerprint density at radius 1 is 1.28 bits per heavy atom. The van der Waals surface area contributed by atoms with Crippen LogP contribution in [-0.4, -0.2) is 45.9 Å². The summed E-state index contributed by atoms with van der Waals surface area (Å²) in [6.07, 6.45) is 0.194. The number of aryl methyl sites for hydroxylation is 1. The molecule has 0 unspecified atom stereocenters. The van der Waals surface area contributed by atoms with Crippen molar-refractivity contribution in [3.8, 4) is 5.75 Å². The highest BCUT2D eigenvalue weighted by Gasteiger charge is 2.31. The highest BCUT2D eigenvalue weighted by atomic mass is 35.5. The third kappa shape index (κ3) is 4.64. The number of anilines is 1. The SMILES string of the molecule is COc1ccc(NC(=O)c2nn(C)c3c2CN(C(=O)OC(C)(C)C)CC3)cc1Cl. The van der Waals surface area contributed by atoms with Crippen molar-refractivity contribution < 1.29 is 19.1 Å². The lowest BCUT2D eigenvalue weighted by atomic mass is 10.0. The first kappa shape index (κ1) is 21.0. The number of amides is 2. The number of aromatic nitrogens is 2. The minimum atomic E-state index is -0.583. The first-order valence-corrected chi connectivity index (χ1v) is 9.64. The van der Waals surface area contributed by atoms with Crippen molar-refractivity contribution in [1.82, 2.24) is 14.7 Å². The number of methoxy groups -OCH3 is 1. The van der Waals surface area contributed by atoms with Crippen molar-refractivity contribution >= 4 is 29.3 Å². The quantitative estimate of drug-likeness (QED) is 0.819. The van der Waals surface area contributed by atoms with Crippen LogP contribution in [0, 0.1) is 0 Å². The Kier molecular flexibility index (Phi) is 5.75. The molecule has 8 nitrogen and oxygen atoms in total. The third-order valence-corrected chi connectivity index (χ3v) is 4.81. The van der Waals surface area contributed by atoms with Crippen LogP contribution in [0.2, 0.25) is 5.02 Å². The van der Waals surface area contributed by atoms with Crippen LogP contribution in [0.3, 0.4) is 0 Å². The van der Waals surface area contributed by atoms with Gasteiger partial charge in [-0.25, -0.2) is 4.79 Å². The van der Waals surface area contributed by atoms with Gasteiger partial charge in [0, 0.05) is 37.0 Å². The minimum absolute atomic E-state index is 0.268. The van der Waals surface area contributed by atoms with Gasteiger partial charge >= 0.3 is 6.09 Å². The number of ether oxygens (including phenoxy) is 2. The van der Waals surface area contributed by atoms with Crippen LogP contribution in [0.25, 0.3) is 0 Å². The van der Waals surface area contributed by atoms with E-state index in [4.69, 9.17) is 21.1 Å². The summed E-state index contributed by atoms with van der Waals surface area (Å²) in [4.78, 5) is 26.9. The summed E-state index contributed by atoms with van der Waals surface area (Å²) in [5.74, 6) is 0.155. The minimum Gasteiger partial charge on any atom is -0.495 e. The second-order valence-electron chi connectivity index (χ2n) is 7.85. The Hall–Kier alpha value is -2.74. The number of nitrogens with one attached hydrogen (secondary N) is 1. The lowest BCUT2D eigenvalue weighted by Crippen LogP contribution is -2.40. The van der Waals surface area contributed by atoms with Crippen LogP contribution in [0.15, 0.2) is 18.2 Å². The Morgan fingerprint density at radius 3 is 2.62 bits per heavy atom. The average molecular weight is 421 g/mol. The number of fused-ring (bicyclic) bond motifs is 1. The van der Waals surface area contributed by atoms with Gasteiger partial charge in [0.05, 0.1) is 18.7 Å². The van der Waals surface area contributed by atoms with E-state index in [2.05, 4.69) is 10.4 Å². The standard InChI is InChI=1S/C20H25ClN4O4/c1-20(2,3)29-19(27)25-9-8-15-13(11-25)17(23-24(15)4)18(26)22-12-6-7-16(28-5)14(21)10-12/h6-7,10H,8-9,11H2,1-5H3,(H,22,26). The number of carbonyl (C=O) groups is 2. The summed E-state index contributed by atoms with van der Waals surface area (Å²) in [5.41, 5.74) is 1.88. The fourth-order valence-electron chi connectivity index (χ4n) is 3.19. The molecule has 2 heterocycles. The fraction of sp³-hybridized carbons (Fsp3) is 0.450. The number of hydrogen-bond donors (Lipinski definition) is 1. The topological polar surface area (TPSA) is 85.7 Å². The van der Waals surface area contributed by atoms with E-state index in [0.29, 0.717) is 29.4 Å². The van der Waals surface area contributed by atoms with Gasteiger partial charge < -0.3 is 19.7 Å².